The molecule has 0 bridgehead atoms. The first-order valence-electron chi connectivity index (χ1n) is 6.89. The first-order valence-corrected chi connectivity index (χ1v) is 7.87. The van der Waals surface area contributed by atoms with Gasteiger partial charge in [0, 0.05) is 16.9 Å². The predicted octanol–water partition coefficient (Wildman–Crippen LogP) is 2.44. The molecule has 0 aliphatic rings. The number of benzene rings is 2. The molecule has 23 heavy (non-hydrogen) atoms. The van der Waals surface area contributed by atoms with Crippen molar-refractivity contribution in [1.82, 2.24) is 5.32 Å². The summed E-state index contributed by atoms with van der Waals surface area (Å²) < 4.78 is 0. The summed E-state index contributed by atoms with van der Waals surface area (Å²) in [5, 5.41) is 11.4. The first kappa shape index (κ1) is 16.8. The summed E-state index contributed by atoms with van der Waals surface area (Å²) in [5.74, 6) is -1.70. The fraction of sp³-hybridized carbons (Fsp3) is 0.118. The number of nitrogens with one attached hydrogen (secondary N) is 1. The summed E-state index contributed by atoms with van der Waals surface area (Å²) in [6, 6.07) is 15.8. The van der Waals surface area contributed by atoms with Crippen LogP contribution in [0.25, 0.3) is 0 Å². The van der Waals surface area contributed by atoms with E-state index in [0.29, 0.717) is 11.1 Å². The third-order valence-corrected chi connectivity index (χ3v) is 4.03. The summed E-state index contributed by atoms with van der Waals surface area (Å²) in [5.41, 5.74) is 0.870. The van der Waals surface area contributed by atoms with E-state index in [1.54, 1.807) is 60.7 Å². The van der Waals surface area contributed by atoms with Crippen molar-refractivity contribution in [1.29, 1.82) is 0 Å². The maximum Gasteiger partial charge on any atom is 0.327 e. The fourth-order valence-corrected chi connectivity index (χ4v) is 2.67. The molecule has 2 rings (SSSR count). The van der Waals surface area contributed by atoms with Crippen LogP contribution in [0.4, 0.5) is 0 Å². The van der Waals surface area contributed by atoms with Crippen molar-refractivity contribution in [2.75, 3.05) is 5.75 Å². The molecule has 0 unspecified atom stereocenters. The zero-order chi connectivity index (χ0) is 16.7. The topological polar surface area (TPSA) is 83.5 Å². The summed E-state index contributed by atoms with van der Waals surface area (Å²) in [7, 11) is 0. The van der Waals surface area contributed by atoms with E-state index in [4.69, 9.17) is 0 Å². The number of amides is 1. The van der Waals surface area contributed by atoms with E-state index >= 15 is 0 Å². The SMILES string of the molecule is O=C(N[C@@H](CSC(=O)c1ccccc1)C(=O)O)c1ccccc1. The van der Waals surface area contributed by atoms with E-state index in [9.17, 15) is 19.5 Å². The largest absolute Gasteiger partial charge is 0.480 e. The predicted molar refractivity (Wildman–Crippen MR) is 88.6 cm³/mol. The lowest BCUT2D eigenvalue weighted by atomic mass is 10.2. The second-order valence-electron chi connectivity index (χ2n) is 4.69. The zero-order valence-electron chi connectivity index (χ0n) is 12.1. The van der Waals surface area contributed by atoms with Crippen molar-refractivity contribution >= 4 is 28.8 Å². The molecule has 1 amide bonds. The van der Waals surface area contributed by atoms with Crippen molar-refractivity contribution < 1.29 is 19.5 Å². The van der Waals surface area contributed by atoms with Gasteiger partial charge in [0.05, 0.1) is 0 Å². The average molecular weight is 329 g/mol. The van der Waals surface area contributed by atoms with Crippen LogP contribution in [-0.4, -0.2) is 33.9 Å². The number of carboxylic acid groups (broad SMARTS) is 1. The lowest BCUT2D eigenvalue weighted by Crippen LogP contribution is -2.42. The Morgan fingerprint density at radius 3 is 1.96 bits per heavy atom. The minimum atomic E-state index is -1.18. The van der Waals surface area contributed by atoms with Gasteiger partial charge in [0.25, 0.3) is 5.91 Å². The van der Waals surface area contributed by atoms with Gasteiger partial charge in [-0.15, -0.1) is 0 Å². The van der Waals surface area contributed by atoms with Crippen molar-refractivity contribution in [2.45, 2.75) is 6.04 Å². The van der Waals surface area contributed by atoms with Gasteiger partial charge in [0.1, 0.15) is 6.04 Å². The second-order valence-corrected chi connectivity index (χ2v) is 5.69. The normalized spacial score (nSPS) is 11.5. The Kier molecular flexibility index (Phi) is 5.94. The smallest absolute Gasteiger partial charge is 0.327 e. The highest BCUT2D eigenvalue weighted by Crippen LogP contribution is 2.13. The molecule has 2 aromatic carbocycles. The van der Waals surface area contributed by atoms with Crippen LogP contribution >= 0.6 is 11.8 Å². The van der Waals surface area contributed by atoms with Crippen LogP contribution in [0.15, 0.2) is 60.7 Å². The number of hydrogen-bond acceptors (Lipinski definition) is 4. The van der Waals surface area contributed by atoms with Crippen molar-refractivity contribution in [3.05, 3.63) is 71.8 Å². The minimum Gasteiger partial charge on any atom is -0.480 e. The number of carboxylic acids is 1. The monoisotopic (exact) mass is 329 g/mol. The molecule has 2 N–H and O–H groups in total. The molecular formula is C17H15NO4S. The second kappa shape index (κ2) is 8.14. The number of carbonyl (C=O) groups is 3. The molecule has 0 aliphatic heterocycles. The van der Waals surface area contributed by atoms with Crippen molar-refractivity contribution in [3.63, 3.8) is 0 Å². The molecule has 6 heteroatoms. The molecule has 0 saturated heterocycles. The Morgan fingerprint density at radius 1 is 0.913 bits per heavy atom. The van der Waals surface area contributed by atoms with E-state index < -0.39 is 17.9 Å². The van der Waals surface area contributed by atoms with Crippen LogP contribution in [0.1, 0.15) is 20.7 Å². The van der Waals surface area contributed by atoms with Gasteiger partial charge in [0.2, 0.25) is 5.12 Å². The fourth-order valence-electron chi connectivity index (χ4n) is 1.82. The highest BCUT2D eigenvalue weighted by Gasteiger charge is 2.22. The highest BCUT2D eigenvalue weighted by molar-refractivity contribution is 8.14. The van der Waals surface area contributed by atoms with Gasteiger partial charge in [-0.25, -0.2) is 4.79 Å². The molecule has 2 aromatic rings. The quantitative estimate of drug-likeness (QED) is 0.850. The Bertz CT molecular complexity index is 688. The number of thioether (sulfide) groups is 1. The summed E-state index contributed by atoms with van der Waals surface area (Å²) in [6.07, 6.45) is 0. The molecular weight excluding hydrogens is 314 g/mol. The number of rotatable bonds is 6. The molecule has 0 aromatic heterocycles. The summed E-state index contributed by atoms with van der Waals surface area (Å²) in [6.45, 7) is 0. The molecule has 0 spiro atoms. The van der Waals surface area contributed by atoms with E-state index in [1.807, 2.05) is 0 Å². The van der Waals surface area contributed by atoms with Gasteiger partial charge >= 0.3 is 5.97 Å². The zero-order valence-corrected chi connectivity index (χ0v) is 13.0. The number of aliphatic carboxylic acids is 1. The van der Waals surface area contributed by atoms with E-state index in [-0.39, 0.29) is 10.9 Å². The molecule has 1 atom stereocenters. The lowest BCUT2D eigenvalue weighted by molar-refractivity contribution is -0.138. The highest BCUT2D eigenvalue weighted by atomic mass is 32.2. The maximum absolute atomic E-state index is 12.0. The molecule has 0 heterocycles. The third-order valence-electron chi connectivity index (χ3n) is 3.03. The first-order chi connectivity index (χ1) is 11.1. The van der Waals surface area contributed by atoms with Gasteiger partial charge < -0.3 is 10.4 Å². The Morgan fingerprint density at radius 2 is 1.43 bits per heavy atom. The van der Waals surface area contributed by atoms with Crippen molar-refractivity contribution in [2.24, 2.45) is 0 Å². The summed E-state index contributed by atoms with van der Waals surface area (Å²) >= 11 is 0.869. The minimum absolute atomic E-state index is 0.0400. The Balaban J connectivity index is 1.96. The van der Waals surface area contributed by atoms with E-state index in [2.05, 4.69) is 5.32 Å². The number of hydrogen-bond donors (Lipinski definition) is 2. The van der Waals surface area contributed by atoms with Crippen LogP contribution in [0.5, 0.6) is 0 Å². The number of carbonyl (C=O) groups excluding carboxylic acids is 2. The third kappa shape index (κ3) is 4.96. The standard InChI is InChI=1S/C17H15NO4S/c19-15(12-7-3-1-4-8-12)18-14(16(20)21)11-23-17(22)13-9-5-2-6-10-13/h1-10,14H,11H2,(H,18,19)(H,20,21)/t14-/m0/s1. The average Bonchev–Trinajstić information content (AvgIpc) is 2.59. The van der Waals surface area contributed by atoms with Crippen LogP contribution in [0.2, 0.25) is 0 Å². The Hall–Kier alpha value is -2.60. The van der Waals surface area contributed by atoms with Crippen LogP contribution in [-0.2, 0) is 4.79 Å². The molecule has 118 valence electrons. The van der Waals surface area contributed by atoms with E-state index in [1.165, 1.54) is 0 Å². The van der Waals surface area contributed by atoms with Gasteiger partial charge in [-0.1, -0.05) is 60.3 Å². The van der Waals surface area contributed by atoms with Crippen LogP contribution in [0.3, 0.4) is 0 Å². The lowest BCUT2D eigenvalue weighted by Gasteiger charge is -2.13. The van der Waals surface area contributed by atoms with E-state index in [0.717, 1.165) is 11.8 Å². The summed E-state index contributed by atoms with van der Waals surface area (Å²) in [4.78, 5) is 35.3. The van der Waals surface area contributed by atoms with Gasteiger partial charge in [0.15, 0.2) is 0 Å². The van der Waals surface area contributed by atoms with Gasteiger partial charge in [-0.05, 0) is 12.1 Å². The molecule has 0 fully saturated rings. The van der Waals surface area contributed by atoms with Crippen LogP contribution < -0.4 is 5.32 Å². The molecule has 0 radical (unpaired) electrons. The van der Waals surface area contributed by atoms with Gasteiger partial charge in [-0.2, -0.15) is 0 Å². The van der Waals surface area contributed by atoms with Gasteiger partial charge in [-0.3, -0.25) is 9.59 Å². The van der Waals surface area contributed by atoms with Crippen molar-refractivity contribution in [3.8, 4) is 0 Å². The molecule has 0 saturated carbocycles. The van der Waals surface area contributed by atoms with Crippen LogP contribution in [0, 0.1) is 0 Å². The maximum atomic E-state index is 12.0. The Labute approximate surface area is 137 Å². The molecule has 5 nitrogen and oxygen atoms in total. The molecule has 0 aliphatic carbocycles.